The lowest BCUT2D eigenvalue weighted by molar-refractivity contribution is -0.150. The topological polar surface area (TPSA) is 86.1 Å². The fraction of sp³-hybridized carbons (Fsp3) is 0.583. The van der Waals surface area contributed by atoms with Gasteiger partial charge in [-0.25, -0.2) is 14.5 Å². The number of hydrogen-bond donors (Lipinski definition) is 1. The number of nitrogens with zero attached hydrogens (tertiary/aromatic N) is 3. The van der Waals surface area contributed by atoms with Crippen molar-refractivity contribution in [2.45, 2.75) is 63.8 Å². The van der Waals surface area contributed by atoms with E-state index in [-0.39, 0.29) is 22.8 Å². The molecule has 1 amide bonds. The van der Waals surface area contributed by atoms with E-state index in [1.54, 1.807) is 30.6 Å². The van der Waals surface area contributed by atoms with E-state index < -0.39 is 0 Å². The molecule has 6 rings (SSSR count). The van der Waals surface area contributed by atoms with Crippen LogP contribution in [0.5, 0.6) is 0 Å². The first-order chi connectivity index (χ1) is 15.4. The maximum atomic E-state index is 13.6. The molecule has 7 nitrogen and oxygen atoms in total. The fourth-order valence-electron chi connectivity index (χ4n) is 6.57. The highest BCUT2D eigenvalue weighted by atomic mass is 79.9. The maximum Gasteiger partial charge on any atom is 0.338 e. The van der Waals surface area contributed by atoms with Crippen LogP contribution in [0.3, 0.4) is 0 Å². The Hall–Kier alpha value is -2.22. The number of anilines is 1. The van der Waals surface area contributed by atoms with Gasteiger partial charge in [0.25, 0.3) is 0 Å². The smallest absolute Gasteiger partial charge is 0.338 e. The molecule has 4 bridgehead atoms. The van der Waals surface area contributed by atoms with Gasteiger partial charge in [-0.15, -0.1) is 5.10 Å². The highest BCUT2D eigenvalue weighted by molar-refractivity contribution is 9.10. The summed E-state index contributed by atoms with van der Waals surface area (Å²) in [6.07, 6.45) is 9.68. The van der Waals surface area contributed by atoms with E-state index >= 15 is 0 Å². The largest absolute Gasteiger partial charge is 0.462 e. The number of carbonyl (C=O) groups is 2. The Labute approximate surface area is 196 Å². The third-order valence-electron chi connectivity index (χ3n) is 7.57. The average Bonchev–Trinajstić information content (AvgIpc) is 3.21. The quantitative estimate of drug-likeness (QED) is 0.430. The second-order valence-corrected chi connectivity index (χ2v) is 10.7. The third kappa shape index (κ3) is 3.87. The number of hydrogen-bond acceptors (Lipinski definition) is 5. The van der Waals surface area contributed by atoms with Gasteiger partial charge in [-0.05, 0) is 97.0 Å². The van der Waals surface area contributed by atoms with E-state index in [0.717, 1.165) is 44.9 Å². The van der Waals surface area contributed by atoms with Crippen LogP contribution in [0.25, 0.3) is 0 Å². The molecular weight excluding hydrogens is 472 g/mol. The van der Waals surface area contributed by atoms with Crippen LogP contribution in [0.4, 0.5) is 5.69 Å². The van der Waals surface area contributed by atoms with Crippen LogP contribution in [-0.2, 0) is 15.1 Å². The lowest BCUT2D eigenvalue weighted by atomic mass is 9.46. The van der Waals surface area contributed by atoms with Gasteiger partial charge in [-0.1, -0.05) is 13.3 Å². The number of halogens is 1. The van der Waals surface area contributed by atoms with Gasteiger partial charge in [-0.3, -0.25) is 4.79 Å². The second-order valence-electron chi connectivity index (χ2n) is 9.94. The molecule has 0 spiro atoms. The first-order valence-electron chi connectivity index (χ1n) is 11.6. The number of ether oxygens (including phenoxy) is 1. The highest BCUT2D eigenvalue weighted by Crippen LogP contribution is 2.64. The molecule has 2 aromatic rings. The molecule has 4 fully saturated rings. The van der Waals surface area contributed by atoms with Crippen molar-refractivity contribution < 1.29 is 14.3 Å². The summed E-state index contributed by atoms with van der Waals surface area (Å²) in [5, 5.41) is 7.72. The number of aromatic nitrogens is 3. The van der Waals surface area contributed by atoms with Crippen molar-refractivity contribution in [1.29, 1.82) is 0 Å². The number of nitrogens with one attached hydrogen (secondary N) is 1. The SMILES string of the molecule is CCCCOC(=O)c1ccc(NC(=O)C23CC4CC(C2)CC(n2cnc(Br)n2)(C4)C3)cc1. The van der Waals surface area contributed by atoms with Crippen molar-refractivity contribution in [3.63, 3.8) is 0 Å². The zero-order chi connectivity index (χ0) is 22.3. The molecule has 1 heterocycles. The molecule has 1 N–H and O–H groups in total. The number of amides is 1. The van der Waals surface area contributed by atoms with Crippen LogP contribution in [-0.4, -0.2) is 33.2 Å². The molecule has 0 aliphatic heterocycles. The Morgan fingerprint density at radius 2 is 1.91 bits per heavy atom. The first kappa shape index (κ1) is 21.6. The number of carbonyl (C=O) groups excluding carboxylic acids is 2. The number of rotatable bonds is 7. The minimum atomic E-state index is -0.375. The normalized spacial score (nSPS) is 30.3. The predicted octanol–water partition coefficient (Wildman–Crippen LogP) is 4.93. The van der Waals surface area contributed by atoms with Gasteiger partial charge in [0.15, 0.2) is 0 Å². The summed E-state index contributed by atoms with van der Waals surface area (Å²) in [7, 11) is 0. The van der Waals surface area contributed by atoms with Crippen LogP contribution < -0.4 is 5.32 Å². The number of esters is 1. The third-order valence-corrected chi connectivity index (χ3v) is 7.93. The predicted molar refractivity (Wildman–Crippen MR) is 123 cm³/mol. The summed E-state index contributed by atoms with van der Waals surface area (Å²) in [4.78, 5) is 30.0. The minimum absolute atomic E-state index is 0.0911. The molecular formula is C24H29BrN4O3. The Kier molecular flexibility index (Phi) is 5.60. The molecule has 0 saturated heterocycles. The second kappa shape index (κ2) is 8.28. The van der Waals surface area contributed by atoms with Crippen molar-refractivity contribution in [2.75, 3.05) is 11.9 Å². The monoisotopic (exact) mass is 500 g/mol. The standard InChI is InChI=1S/C24H29BrN4O3/c1-2-3-8-32-20(30)18-4-6-19(7-5-18)27-21(31)23-10-16-9-17(11-23)13-24(12-16,14-23)29-15-26-22(25)28-29/h4-7,15-17H,2-3,8-14H2,1H3,(H,27,31). The van der Waals surface area contributed by atoms with Crippen molar-refractivity contribution >= 4 is 33.5 Å². The molecule has 2 unspecified atom stereocenters. The minimum Gasteiger partial charge on any atom is -0.462 e. The van der Waals surface area contributed by atoms with Crippen LogP contribution in [0.1, 0.15) is 68.6 Å². The van der Waals surface area contributed by atoms with E-state index in [0.29, 0.717) is 34.4 Å². The molecule has 1 aromatic heterocycles. The molecule has 4 saturated carbocycles. The Morgan fingerprint density at radius 1 is 1.19 bits per heavy atom. The summed E-state index contributed by atoms with van der Waals surface area (Å²) in [6.45, 7) is 2.49. The molecule has 4 aliphatic carbocycles. The van der Waals surface area contributed by atoms with Gasteiger partial charge in [0, 0.05) is 5.69 Å². The summed E-state index contributed by atoms with van der Waals surface area (Å²) >= 11 is 3.38. The van der Waals surface area contributed by atoms with Crippen molar-refractivity contribution in [1.82, 2.24) is 14.8 Å². The lowest BCUT2D eigenvalue weighted by Gasteiger charge is -2.60. The van der Waals surface area contributed by atoms with Crippen molar-refractivity contribution in [3.8, 4) is 0 Å². The first-order valence-corrected chi connectivity index (χ1v) is 12.4. The van der Waals surface area contributed by atoms with Gasteiger partial charge in [0.1, 0.15) is 6.33 Å². The van der Waals surface area contributed by atoms with Gasteiger partial charge < -0.3 is 10.1 Å². The zero-order valence-corrected chi connectivity index (χ0v) is 19.9. The van der Waals surface area contributed by atoms with Crippen LogP contribution >= 0.6 is 15.9 Å². The van der Waals surface area contributed by atoms with Crippen LogP contribution in [0.2, 0.25) is 0 Å². The Bertz CT molecular complexity index is 1000. The summed E-state index contributed by atoms with van der Waals surface area (Å²) < 4.78 is 7.87. The molecule has 0 radical (unpaired) electrons. The Morgan fingerprint density at radius 3 is 2.53 bits per heavy atom. The number of benzene rings is 1. The lowest BCUT2D eigenvalue weighted by Crippen LogP contribution is -2.60. The molecule has 4 aliphatic rings. The molecule has 170 valence electrons. The molecule has 1 aromatic carbocycles. The average molecular weight is 501 g/mol. The molecule has 8 heteroatoms. The Balaban J connectivity index is 1.31. The van der Waals surface area contributed by atoms with Gasteiger partial charge in [0.05, 0.1) is 23.1 Å². The maximum absolute atomic E-state index is 13.6. The van der Waals surface area contributed by atoms with E-state index in [1.165, 1.54) is 6.42 Å². The van der Waals surface area contributed by atoms with E-state index in [4.69, 9.17) is 4.74 Å². The summed E-state index contributed by atoms with van der Waals surface area (Å²) in [5.41, 5.74) is 0.727. The van der Waals surface area contributed by atoms with E-state index in [2.05, 4.69) is 38.3 Å². The van der Waals surface area contributed by atoms with Crippen molar-refractivity contribution in [2.24, 2.45) is 17.3 Å². The summed E-state index contributed by atoms with van der Waals surface area (Å²) in [6, 6.07) is 7.02. The van der Waals surface area contributed by atoms with Crippen LogP contribution in [0, 0.1) is 17.3 Å². The van der Waals surface area contributed by atoms with Crippen LogP contribution in [0.15, 0.2) is 35.3 Å². The van der Waals surface area contributed by atoms with Crippen molar-refractivity contribution in [3.05, 3.63) is 40.9 Å². The zero-order valence-electron chi connectivity index (χ0n) is 18.3. The van der Waals surface area contributed by atoms with Gasteiger partial charge in [-0.2, -0.15) is 0 Å². The van der Waals surface area contributed by atoms with E-state index in [9.17, 15) is 9.59 Å². The molecule has 2 atom stereocenters. The highest BCUT2D eigenvalue weighted by Gasteiger charge is 2.61. The van der Waals surface area contributed by atoms with Gasteiger partial charge in [0.2, 0.25) is 10.6 Å². The fourth-order valence-corrected chi connectivity index (χ4v) is 6.83. The van der Waals surface area contributed by atoms with E-state index in [1.807, 2.05) is 4.68 Å². The van der Waals surface area contributed by atoms with Gasteiger partial charge >= 0.3 is 5.97 Å². The summed E-state index contributed by atoms with van der Waals surface area (Å²) in [5.74, 6) is 0.863. The molecule has 32 heavy (non-hydrogen) atoms. The number of unbranched alkanes of at least 4 members (excludes halogenated alkanes) is 1.